The third-order valence-corrected chi connectivity index (χ3v) is 2.06. The fourth-order valence-corrected chi connectivity index (χ4v) is 1.41. The van der Waals surface area contributed by atoms with E-state index in [9.17, 15) is 0 Å². The van der Waals surface area contributed by atoms with Gasteiger partial charge in [0.15, 0.2) is 0 Å². The van der Waals surface area contributed by atoms with Crippen molar-refractivity contribution in [2.45, 2.75) is 19.8 Å². The second-order valence-corrected chi connectivity index (χ2v) is 2.98. The fraction of sp³-hybridized carbons (Fsp3) is 0.300. The van der Waals surface area contributed by atoms with Crippen LogP contribution in [0.4, 0.5) is 5.69 Å². The van der Waals surface area contributed by atoms with Crippen molar-refractivity contribution >= 4 is 11.4 Å². The molecule has 0 saturated carbocycles. The molecule has 11 heavy (non-hydrogen) atoms. The molecule has 0 atom stereocenters. The Morgan fingerprint density at radius 1 is 1.18 bits per heavy atom. The molecule has 0 radical (unpaired) electrons. The maximum atomic E-state index is 4.46. The van der Waals surface area contributed by atoms with Crippen molar-refractivity contribution in [3.8, 4) is 0 Å². The molecule has 1 heterocycles. The summed E-state index contributed by atoms with van der Waals surface area (Å²) in [6.45, 7) is 2.09. The molecule has 0 bridgehead atoms. The first kappa shape index (κ1) is 6.59. The zero-order chi connectivity index (χ0) is 7.68. The third-order valence-electron chi connectivity index (χ3n) is 2.06. The van der Waals surface area contributed by atoms with Crippen LogP contribution < -0.4 is 0 Å². The van der Waals surface area contributed by atoms with E-state index in [0.29, 0.717) is 0 Å². The van der Waals surface area contributed by atoms with Gasteiger partial charge in [0, 0.05) is 5.71 Å². The fourth-order valence-electron chi connectivity index (χ4n) is 1.41. The average Bonchev–Trinajstić information content (AvgIpc) is 2.04. The second kappa shape index (κ2) is 2.50. The minimum absolute atomic E-state index is 1.12. The predicted molar refractivity (Wildman–Crippen MR) is 47.5 cm³/mol. The van der Waals surface area contributed by atoms with Gasteiger partial charge in [-0.2, -0.15) is 0 Å². The molecule has 0 N–H and O–H groups in total. The van der Waals surface area contributed by atoms with Gasteiger partial charge in [0.25, 0.3) is 0 Å². The highest BCUT2D eigenvalue weighted by Crippen LogP contribution is 2.24. The molecule has 1 aliphatic heterocycles. The first-order chi connectivity index (χ1) is 5.36. The van der Waals surface area contributed by atoms with Crippen molar-refractivity contribution in [3.63, 3.8) is 0 Å². The molecule has 1 heteroatoms. The number of benzene rings is 1. The summed E-state index contributed by atoms with van der Waals surface area (Å²) in [5.74, 6) is 0. The number of aliphatic imine (C=N–C) groups is 1. The lowest BCUT2D eigenvalue weighted by atomic mass is 10.0. The molecular weight excluding hydrogens is 134 g/mol. The molecule has 0 spiro atoms. The van der Waals surface area contributed by atoms with Gasteiger partial charge in [0.05, 0.1) is 5.69 Å². The second-order valence-electron chi connectivity index (χ2n) is 2.98. The van der Waals surface area contributed by atoms with Crippen LogP contribution in [0.2, 0.25) is 0 Å². The van der Waals surface area contributed by atoms with Crippen LogP contribution in [0.1, 0.15) is 18.9 Å². The van der Waals surface area contributed by atoms with Gasteiger partial charge in [-0.1, -0.05) is 18.2 Å². The zero-order valence-corrected chi connectivity index (χ0v) is 6.67. The minimum Gasteiger partial charge on any atom is -0.258 e. The summed E-state index contributed by atoms with van der Waals surface area (Å²) in [6, 6.07) is 8.36. The number of nitrogens with zero attached hydrogens (tertiary/aromatic N) is 1. The van der Waals surface area contributed by atoms with Crippen molar-refractivity contribution in [2.24, 2.45) is 4.99 Å². The number of para-hydroxylation sites is 1. The number of hydrogen-bond donors (Lipinski definition) is 0. The topological polar surface area (TPSA) is 12.4 Å². The maximum absolute atomic E-state index is 4.46. The van der Waals surface area contributed by atoms with E-state index >= 15 is 0 Å². The monoisotopic (exact) mass is 145 g/mol. The van der Waals surface area contributed by atoms with E-state index < -0.39 is 0 Å². The summed E-state index contributed by atoms with van der Waals surface area (Å²) in [5.41, 5.74) is 3.80. The van der Waals surface area contributed by atoms with Crippen molar-refractivity contribution in [3.05, 3.63) is 29.8 Å². The molecule has 1 aromatic rings. The summed E-state index contributed by atoms with van der Waals surface area (Å²) >= 11 is 0. The maximum Gasteiger partial charge on any atom is 0.0660 e. The van der Waals surface area contributed by atoms with Gasteiger partial charge >= 0.3 is 0 Å². The van der Waals surface area contributed by atoms with E-state index in [1.54, 1.807) is 0 Å². The van der Waals surface area contributed by atoms with Crippen LogP contribution in [-0.2, 0) is 6.42 Å². The number of hydrogen-bond acceptors (Lipinski definition) is 1. The SMILES string of the molecule is CC1=Nc2ccccc2CC1. The lowest BCUT2D eigenvalue weighted by Gasteiger charge is -2.11. The normalized spacial score (nSPS) is 15.5. The molecule has 2 rings (SSSR count). The van der Waals surface area contributed by atoms with Gasteiger partial charge in [-0.15, -0.1) is 0 Å². The molecule has 0 amide bonds. The highest BCUT2D eigenvalue weighted by molar-refractivity contribution is 5.86. The van der Waals surface area contributed by atoms with Gasteiger partial charge < -0.3 is 0 Å². The highest BCUT2D eigenvalue weighted by atomic mass is 14.8. The predicted octanol–water partition coefficient (Wildman–Crippen LogP) is 2.73. The summed E-state index contributed by atoms with van der Waals surface area (Å²) in [7, 11) is 0. The van der Waals surface area contributed by atoms with Crippen LogP contribution >= 0.6 is 0 Å². The Bertz CT molecular complexity index is 299. The molecule has 0 aliphatic carbocycles. The Balaban J connectivity index is 2.51. The smallest absolute Gasteiger partial charge is 0.0660 e. The molecule has 0 saturated heterocycles. The Hall–Kier alpha value is -1.11. The van der Waals surface area contributed by atoms with E-state index in [1.165, 1.54) is 11.3 Å². The van der Waals surface area contributed by atoms with Crippen molar-refractivity contribution in [2.75, 3.05) is 0 Å². The van der Waals surface area contributed by atoms with Crippen LogP contribution in [0.15, 0.2) is 29.3 Å². The Morgan fingerprint density at radius 3 is 2.91 bits per heavy atom. The van der Waals surface area contributed by atoms with Gasteiger partial charge in [0.2, 0.25) is 0 Å². The summed E-state index contributed by atoms with van der Waals surface area (Å²) in [6.07, 6.45) is 2.28. The first-order valence-electron chi connectivity index (χ1n) is 3.98. The van der Waals surface area contributed by atoms with Crippen LogP contribution in [-0.4, -0.2) is 5.71 Å². The van der Waals surface area contributed by atoms with E-state index in [-0.39, 0.29) is 0 Å². The van der Waals surface area contributed by atoms with Crippen molar-refractivity contribution < 1.29 is 0 Å². The zero-order valence-electron chi connectivity index (χ0n) is 6.67. The minimum atomic E-state index is 1.12. The van der Waals surface area contributed by atoms with Gasteiger partial charge in [-0.3, -0.25) is 4.99 Å². The molecular formula is C10H11N. The van der Waals surface area contributed by atoms with E-state index in [2.05, 4.69) is 30.1 Å². The number of rotatable bonds is 0. The largest absolute Gasteiger partial charge is 0.258 e. The Labute approximate surface area is 66.8 Å². The van der Waals surface area contributed by atoms with Crippen LogP contribution in [0.5, 0.6) is 0 Å². The molecule has 0 fully saturated rings. The summed E-state index contributed by atoms with van der Waals surface area (Å²) in [4.78, 5) is 4.46. The quantitative estimate of drug-likeness (QED) is 0.532. The molecule has 1 nitrogen and oxygen atoms in total. The van der Waals surface area contributed by atoms with Crippen molar-refractivity contribution in [1.29, 1.82) is 0 Å². The Morgan fingerprint density at radius 2 is 2.00 bits per heavy atom. The lowest BCUT2D eigenvalue weighted by molar-refractivity contribution is 1.00. The molecule has 0 aromatic heterocycles. The Kier molecular flexibility index (Phi) is 1.50. The lowest BCUT2D eigenvalue weighted by Crippen LogP contribution is -2.00. The molecule has 1 aromatic carbocycles. The van der Waals surface area contributed by atoms with Crippen LogP contribution in [0.3, 0.4) is 0 Å². The van der Waals surface area contributed by atoms with Gasteiger partial charge in [-0.05, 0) is 31.4 Å². The third kappa shape index (κ3) is 1.18. The van der Waals surface area contributed by atoms with Crippen LogP contribution in [0.25, 0.3) is 0 Å². The molecule has 56 valence electrons. The van der Waals surface area contributed by atoms with Gasteiger partial charge in [0.1, 0.15) is 0 Å². The first-order valence-corrected chi connectivity index (χ1v) is 3.98. The van der Waals surface area contributed by atoms with Gasteiger partial charge in [-0.25, -0.2) is 0 Å². The van der Waals surface area contributed by atoms with E-state index in [0.717, 1.165) is 18.5 Å². The van der Waals surface area contributed by atoms with E-state index in [4.69, 9.17) is 0 Å². The van der Waals surface area contributed by atoms with Crippen molar-refractivity contribution in [1.82, 2.24) is 0 Å². The molecule has 0 unspecified atom stereocenters. The highest BCUT2D eigenvalue weighted by Gasteiger charge is 2.06. The summed E-state index contributed by atoms with van der Waals surface area (Å²) in [5, 5.41) is 0. The average molecular weight is 145 g/mol. The van der Waals surface area contributed by atoms with Crippen LogP contribution in [0, 0.1) is 0 Å². The number of aryl methyl sites for hydroxylation is 1. The molecule has 1 aliphatic rings. The number of fused-ring (bicyclic) bond motifs is 1. The standard InChI is InChI=1S/C10H11N/c1-8-6-7-9-4-2-3-5-10(9)11-8/h2-5H,6-7H2,1H3. The summed E-state index contributed by atoms with van der Waals surface area (Å²) < 4.78 is 0. The van der Waals surface area contributed by atoms with E-state index in [1.807, 2.05) is 6.07 Å².